The van der Waals surface area contributed by atoms with Gasteiger partial charge in [0.05, 0.1) is 12.3 Å². The largest absolute Gasteiger partial charge is 0.476 e. The molecule has 0 aromatic carbocycles. The lowest BCUT2D eigenvalue weighted by Crippen LogP contribution is -2.01. The van der Waals surface area contributed by atoms with Gasteiger partial charge in [0.25, 0.3) is 0 Å². The highest BCUT2D eigenvalue weighted by Crippen LogP contribution is 2.17. The lowest BCUT2D eigenvalue weighted by Gasteiger charge is -2.06. The van der Waals surface area contributed by atoms with Crippen molar-refractivity contribution in [1.82, 2.24) is 4.98 Å². The standard InChI is InChI=1S/C9H14N2O/c1-3-6-12-9-8(10)5-4-7(2)11-9/h4-5H,3,6,10H2,1-2H3. The Bertz CT molecular complexity index is 261. The van der Waals surface area contributed by atoms with E-state index >= 15 is 0 Å². The summed E-state index contributed by atoms with van der Waals surface area (Å²) < 4.78 is 5.33. The van der Waals surface area contributed by atoms with E-state index in [1.807, 2.05) is 26.0 Å². The third-order valence-electron chi connectivity index (χ3n) is 1.47. The van der Waals surface area contributed by atoms with Gasteiger partial charge in [-0.1, -0.05) is 6.92 Å². The summed E-state index contributed by atoms with van der Waals surface area (Å²) in [6, 6.07) is 3.68. The first-order chi connectivity index (χ1) is 5.74. The number of anilines is 1. The van der Waals surface area contributed by atoms with Crippen LogP contribution in [0.4, 0.5) is 5.69 Å². The third-order valence-corrected chi connectivity index (χ3v) is 1.47. The Balaban J connectivity index is 2.75. The van der Waals surface area contributed by atoms with Gasteiger partial charge in [0, 0.05) is 5.69 Å². The zero-order chi connectivity index (χ0) is 8.97. The maximum Gasteiger partial charge on any atom is 0.237 e. The summed E-state index contributed by atoms with van der Waals surface area (Å²) in [5.41, 5.74) is 7.17. The van der Waals surface area contributed by atoms with Crippen molar-refractivity contribution in [3.63, 3.8) is 0 Å². The molecule has 2 N–H and O–H groups in total. The molecule has 0 saturated carbocycles. The number of aromatic nitrogens is 1. The van der Waals surface area contributed by atoms with Crippen LogP contribution in [0.15, 0.2) is 12.1 Å². The van der Waals surface area contributed by atoms with E-state index < -0.39 is 0 Å². The number of nitrogens with two attached hydrogens (primary N) is 1. The van der Waals surface area contributed by atoms with Crippen molar-refractivity contribution in [3.8, 4) is 5.88 Å². The van der Waals surface area contributed by atoms with Crippen LogP contribution in [-0.2, 0) is 0 Å². The molecular formula is C9H14N2O. The normalized spacial score (nSPS) is 9.83. The highest BCUT2D eigenvalue weighted by molar-refractivity contribution is 5.47. The minimum Gasteiger partial charge on any atom is -0.476 e. The smallest absolute Gasteiger partial charge is 0.237 e. The molecule has 3 nitrogen and oxygen atoms in total. The Hall–Kier alpha value is -1.25. The Morgan fingerprint density at radius 3 is 2.92 bits per heavy atom. The molecule has 0 radical (unpaired) electrons. The van der Waals surface area contributed by atoms with Crippen molar-refractivity contribution in [2.45, 2.75) is 20.3 Å². The fourth-order valence-corrected chi connectivity index (χ4v) is 0.858. The Labute approximate surface area is 72.6 Å². The minimum absolute atomic E-state index is 0.553. The number of nitrogens with zero attached hydrogens (tertiary/aromatic N) is 1. The third kappa shape index (κ3) is 2.12. The van der Waals surface area contributed by atoms with Crippen molar-refractivity contribution < 1.29 is 4.74 Å². The molecule has 0 bridgehead atoms. The van der Waals surface area contributed by atoms with E-state index in [9.17, 15) is 0 Å². The Morgan fingerprint density at radius 2 is 2.25 bits per heavy atom. The van der Waals surface area contributed by atoms with Gasteiger partial charge in [-0.05, 0) is 25.5 Å². The predicted octanol–water partition coefficient (Wildman–Crippen LogP) is 1.76. The van der Waals surface area contributed by atoms with Crippen LogP contribution in [0.2, 0.25) is 0 Å². The molecule has 0 spiro atoms. The zero-order valence-corrected chi connectivity index (χ0v) is 7.50. The van der Waals surface area contributed by atoms with E-state index in [1.54, 1.807) is 0 Å². The molecule has 1 aromatic rings. The topological polar surface area (TPSA) is 48.1 Å². The summed E-state index contributed by atoms with van der Waals surface area (Å²) in [5.74, 6) is 0.553. The van der Waals surface area contributed by atoms with Crippen molar-refractivity contribution in [1.29, 1.82) is 0 Å². The number of nitrogen functional groups attached to an aromatic ring is 1. The lowest BCUT2D eigenvalue weighted by atomic mass is 10.3. The van der Waals surface area contributed by atoms with Gasteiger partial charge in [-0.2, -0.15) is 0 Å². The molecule has 1 aromatic heterocycles. The molecule has 0 aliphatic carbocycles. The number of pyridine rings is 1. The average molecular weight is 166 g/mol. The first kappa shape index (κ1) is 8.84. The number of aryl methyl sites for hydroxylation is 1. The highest BCUT2D eigenvalue weighted by atomic mass is 16.5. The van der Waals surface area contributed by atoms with Crippen molar-refractivity contribution in [2.75, 3.05) is 12.3 Å². The molecular weight excluding hydrogens is 152 g/mol. The first-order valence-corrected chi connectivity index (χ1v) is 4.10. The fourth-order valence-electron chi connectivity index (χ4n) is 0.858. The summed E-state index contributed by atoms with van der Waals surface area (Å²) in [6.45, 7) is 4.63. The van der Waals surface area contributed by atoms with Crippen LogP contribution in [0.3, 0.4) is 0 Å². The molecule has 0 aliphatic rings. The Morgan fingerprint density at radius 1 is 1.50 bits per heavy atom. The van der Waals surface area contributed by atoms with Crippen LogP contribution in [0, 0.1) is 6.92 Å². The second kappa shape index (κ2) is 3.95. The maximum atomic E-state index is 5.64. The van der Waals surface area contributed by atoms with E-state index in [0.29, 0.717) is 18.2 Å². The van der Waals surface area contributed by atoms with Crippen LogP contribution < -0.4 is 10.5 Å². The molecule has 0 atom stereocenters. The van der Waals surface area contributed by atoms with Crippen LogP contribution >= 0.6 is 0 Å². The van der Waals surface area contributed by atoms with E-state index in [4.69, 9.17) is 10.5 Å². The first-order valence-electron chi connectivity index (χ1n) is 4.10. The predicted molar refractivity (Wildman–Crippen MR) is 49.2 cm³/mol. The molecule has 0 unspecified atom stereocenters. The van der Waals surface area contributed by atoms with Crippen molar-refractivity contribution in [2.24, 2.45) is 0 Å². The van der Waals surface area contributed by atoms with Crippen LogP contribution in [-0.4, -0.2) is 11.6 Å². The van der Waals surface area contributed by atoms with Crippen molar-refractivity contribution in [3.05, 3.63) is 17.8 Å². The van der Waals surface area contributed by atoms with Gasteiger partial charge >= 0.3 is 0 Å². The second-order valence-corrected chi connectivity index (χ2v) is 2.70. The molecule has 1 heterocycles. The molecule has 0 aliphatic heterocycles. The van der Waals surface area contributed by atoms with Gasteiger partial charge in [-0.25, -0.2) is 4.98 Å². The monoisotopic (exact) mass is 166 g/mol. The van der Waals surface area contributed by atoms with Gasteiger partial charge < -0.3 is 10.5 Å². The maximum absolute atomic E-state index is 5.64. The number of rotatable bonds is 3. The lowest BCUT2D eigenvalue weighted by molar-refractivity contribution is 0.306. The Kier molecular flexibility index (Phi) is 2.91. The molecule has 0 saturated heterocycles. The van der Waals surface area contributed by atoms with E-state index in [-0.39, 0.29) is 0 Å². The van der Waals surface area contributed by atoms with Crippen LogP contribution in [0.25, 0.3) is 0 Å². The molecule has 1 rings (SSSR count). The van der Waals surface area contributed by atoms with E-state index in [2.05, 4.69) is 4.98 Å². The highest BCUT2D eigenvalue weighted by Gasteiger charge is 2.00. The zero-order valence-electron chi connectivity index (χ0n) is 7.50. The molecule has 0 amide bonds. The van der Waals surface area contributed by atoms with Gasteiger partial charge in [0.1, 0.15) is 0 Å². The minimum atomic E-state index is 0.553. The second-order valence-electron chi connectivity index (χ2n) is 2.70. The number of hydrogen-bond acceptors (Lipinski definition) is 3. The van der Waals surface area contributed by atoms with Crippen LogP contribution in [0.1, 0.15) is 19.0 Å². The summed E-state index contributed by atoms with van der Waals surface area (Å²) in [7, 11) is 0. The molecule has 3 heteroatoms. The summed E-state index contributed by atoms with van der Waals surface area (Å²) in [6.07, 6.45) is 0.967. The molecule has 66 valence electrons. The van der Waals surface area contributed by atoms with Gasteiger partial charge in [0.2, 0.25) is 5.88 Å². The van der Waals surface area contributed by atoms with Gasteiger partial charge in [0.15, 0.2) is 0 Å². The summed E-state index contributed by atoms with van der Waals surface area (Å²) in [4.78, 5) is 4.16. The summed E-state index contributed by atoms with van der Waals surface area (Å²) >= 11 is 0. The van der Waals surface area contributed by atoms with Gasteiger partial charge in [-0.3, -0.25) is 0 Å². The number of ether oxygens (including phenoxy) is 1. The SMILES string of the molecule is CCCOc1nc(C)ccc1N. The quantitative estimate of drug-likeness (QED) is 0.744. The average Bonchev–Trinajstić information content (AvgIpc) is 2.07. The van der Waals surface area contributed by atoms with E-state index in [0.717, 1.165) is 12.1 Å². The van der Waals surface area contributed by atoms with Crippen LogP contribution in [0.5, 0.6) is 5.88 Å². The van der Waals surface area contributed by atoms with Crippen molar-refractivity contribution >= 4 is 5.69 Å². The number of hydrogen-bond donors (Lipinski definition) is 1. The summed E-state index contributed by atoms with van der Waals surface area (Å²) in [5, 5.41) is 0. The fraction of sp³-hybridized carbons (Fsp3) is 0.444. The molecule has 0 fully saturated rings. The van der Waals surface area contributed by atoms with E-state index in [1.165, 1.54) is 0 Å². The molecule has 12 heavy (non-hydrogen) atoms. The van der Waals surface area contributed by atoms with Gasteiger partial charge in [-0.15, -0.1) is 0 Å².